The number of carbonyl (C=O) groups excluding carboxylic acids is 2. The Hall–Kier alpha value is -2.33. The number of amides is 2. The molecular formula is C19H21ClN2O2. The third-order valence-corrected chi connectivity index (χ3v) is 4.01. The van der Waals surface area contributed by atoms with Crippen molar-refractivity contribution in [3.05, 3.63) is 69.7 Å². The molecule has 0 radical (unpaired) electrons. The number of carbonyl (C=O) groups is 2. The number of halogens is 1. The Morgan fingerprint density at radius 3 is 2.58 bits per heavy atom. The lowest BCUT2D eigenvalue weighted by Crippen LogP contribution is -2.38. The molecule has 2 aromatic rings. The van der Waals surface area contributed by atoms with E-state index in [4.69, 9.17) is 11.6 Å². The van der Waals surface area contributed by atoms with E-state index < -0.39 is 0 Å². The normalized spacial score (nSPS) is 11.7. The molecule has 0 aromatic heterocycles. The van der Waals surface area contributed by atoms with Crippen LogP contribution in [0.4, 0.5) is 0 Å². The summed E-state index contributed by atoms with van der Waals surface area (Å²) in [6.07, 6.45) is 0. The highest BCUT2D eigenvalue weighted by atomic mass is 35.5. The lowest BCUT2D eigenvalue weighted by molar-refractivity contribution is -0.120. The second-order valence-electron chi connectivity index (χ2n) is 5.84. The molecule has 0 saturated heterocycles. The first-order chi connectivity index (χ1) is 11.4. The molecule has 2 aromatic carbocycles. The van der Waals surface area contributed by atoms with Crippen molar-refractivity contribution in [2.24, 2.45) is 0 Å². The Bertz CT molecular complexity index is 759. The van der Waals surface area contributed by atoms with Crippen molar-refractivity contribution >= 4 is 23.4 Å². The van der Waals surface area contributed by atoms with Gasteiger partial charge in [0.15, 0.2) is 0 Å². The molecule has 4 nitrogen and oxygen atoms in total. The van der Waals surface area contributed by atoms with Crippen molar-refractivity contribution in [1.82, 2.24) is 10.6 Å². The van der Waals surface area contributed by atoms with Crippen LogP contribution in [0.25, 0.3) is 0 Å². The molecule has 0 fully saturated rings. The van der Waals surface area contributed by atoms with Gasteiger partial charge in [-0.15, -0.1) is 0 Å². The predicted molar refractivity (Wildman–Crippen MR) is 96.3 cm³/mol. The summed E-state index contributed by atoms with van der Waals surface area (Å²) < 4.78 is 0. The lowest BCUT2D eigenvalue weighted by Gasteiger charge is -2.17. The van der Waals surface area contributed by atoms with Crippen molar-refractivity contribution in [3.63, 3.8) is 0 Å². The second-order valence-corrected chi connectivity index (χ2v) is 6.28. The van der Waals surface area contributed by atoms with E-state index in [1.54, 1.807) is 24.3 Å². The number of nitrogens with one attached hydrogen (secondary N) is 2. The number of benzene rings is 2. The fourth-order valence-corrected chi connectivity index (χ4v) is 2.68. The van der Waals surface area contributed by atoms with Crippen LogP contribution in [-0.4, -0.2) is 18.4 Å². The maximum absolute atomic E-state index is 12.1. The zero-order chi connectivity index (χ0) is 17.7. The van der Waals surface area contributed by atoms with Crippen LogP contribution in [0.5, 0.6) is 0 Å². The third kappa shape index (κ3) is 4.83. The van der Waals surface area contributed by atoms with E-state index in [1.807, 2.05) is 32.9 Å². The van der Waals surface area contributed by atoms with Gasteiger partial charge in [-0.05, 0) is 50.1 Å². The van der Waals surface area contributed by atoms with Crippen LogP contribution in [0.2, 0.25) is 5.02 Å². The van der Waals surface area contributed by atoms with E-state index in [0.717, 1.165) is 16.7 Å². The summed E-state index contributed by atoms with van der Waals surface area (Å²) in [5, 5.41) is 5.98. The molecule has 0 aliphatic carbocycles. The van der Waals surface area contributed by atoms with Gasteiger partial charge in [-0.2, -0.15) is 0 Å². The van der Waals surface area contributed by atoms with Crippen LogP contribution < -0.4 is 10.6 Å². The molecule has 2 rings (SSSR count). The number of hydrogen-bond acceptors (Lipinski definition) is 2. The Balaban J connectivity index is 1.91. The topological polar surface area (TPSA) is 58.2 Å². The van der Waals surface area contributed by atoms with Gasteiger partial charge in [0, 0.05) is 10.6 Å². The Morgan fingerprint density at radius 1 is 1.12 bits per heavy atom. The smallest absolute Gasteiger partial charge is 0.251 e. The fraction of sp³-hybridized carbons (Fsp3) is 0.263. The van der Waals surface area contributed by atoms with Gasteiger partial charge in [0.1, 0.15) is 0 Å². The average molecular weight is 345 g/mol. The zero-order valence-electron chi connectivity index (χ0n) is 14.0. The summed E-state index contributed by atoms with van der Waals surface area (Å²) in [5.41, 5.74) is 3.77. The minimum absolute atomic E-state index is 0.0828. The van der Waals surface area contributed by atoms with Gasteiger partial charge < -0.3 is 10.6 Å². The highest BCUT2D eigenvalue weighted by Crippen LogP contribution is 2.18. The Morgan fingerprint density at radius 2 is 1.88 bits per heavy atom. The predicted octanol–water partition coefficient (Wildman–Crippen LogP) is 3.56. The molecule has 1 unspecified atom stereocenters. The number of aryl methyl sites for hydroxylation is 2. The lowest BCUT2D eigenvalue weighted by atomic mass is 10.00. The minimum atomic E-state index is -0.327. The first-order valence-electron chi connectivity index (χ1n) is 7.77. The molecular weight excluding hydrogens is 324 g/mol. The van der Waals surface area contributed by atoms with Gasteiger partial charge in [-0.1, -0.05) is 41.4 Å². The van der Waals surface area contributed by atoms with Crippen molar-refractivity contribution in [1.29, 1.82) is 0 Å². The molecule has 126 valence electrons. The molecule has 2 N–H and O–H groups in total. The van der Waals surface area contributed by atoms with Crippen molar-refractivity contribution in [3.8, 4) is 0 Å². The first-order valence-corrected chi connectivity index (χ1v) is 8.15. The SMILES string of the molecule is Cc1ccc(C)c(C(C)NC(=O)CNC(=O)c2cccc(Cl)c2)c1. The molecule has 0 aliphatic heterocycles. The summed E-state index contributed by atoms with van der Waals surface area (Å²) >= 11 is 5.86. The number of hydrogen-bond donors (Lipinski definition) is 2. The molecule has 0 heterocycles. The zero-order valence-corrected chi connectivity index (χ0v) is 14.8. The molecule has 0 spiro atoms. The summed E-state index contributed by atoms with van der Waals surface area (Å²) in [6, 6.07) is 12.6. The van der Waals surface area contributed by atoms with Crippen LogP contribution in [0.3, 0.4) is 0 Å². The van der Waals surface area contributed by atoms with E-state index in [1.165, 1.54) is 0 Å². The molecule has 0 aliphatic rings. The summed E-state index contributed by atoms with van der Waals surface area (Å²) in [7, 11) is 0. The van der Waals surface area contributed by atoms with Crippen molar-refractivity contribution in [2.45, 2.75) is 26.8 Å². The summed E-state index contributed by atoms with van der Waals surface area (Å²) in [6.45, 7) is 5.88. The molecule has 2 amide bonds. The van der Waals surface area contributed by atoms with Crippen LogP contribution in [0.15, 0.2) is 42.5 Å². The van der Waals surface area contributed by atoms with Crippen molar-refractivity contribution in [2.75, 3.05) is 6.54 Å². The maximum atomic E-state index is 12.1. The molecule has 24 heavy (non-hydrogen) atoms. The van der Waals surface area contributed by atoms with Gasteiger partial charge in [-0.25, -0.2) is 0 Å². The van der Waals surface area contributed by atoms with Crippen molar-refractivity contribution < 1.29 is 9.59 Å². The minimum Gasteiger partial charge on any atom is -0.348 e. The third-order valence-electron chi connectivity index (χ3n) is 3.78. The largest absolute Gasteiger partial charge is 0.348 e. The standard InChI is InChI=1S/C19H21ClN2O2/c1-12-7-8-13(2)17(9-12)14(3)22-18(23)11-21-19(24)15-5-4-6-16(20)10-15/h4-10,14H,11H2,1-3H3,(H,21,24)(H,22,23). The van der Waals surface area contributed by atoms with Gasteiger partial charge in [0.2, 0.25) is 5.91 Å². The highest BCUT2D eigenvalue weighted by Gasteiger charge is 2.13. The van der Waals surface area contributed by atoms with Gasteiger partial charge in [0.05, 0.1) is 12.6 Å². The maximum Gasteiger partial charge on any atom is 0.251 e. The van der Waals surface area contributed by atoms with E-state index in [-0.39, 0.29) is 24.4 Å². The molecule has 0 bridgehead atoms. The van der Waals surface area contributed by atoms with Gasteiger partial charge >= 0.3 is 0 Å². The van der Waals surface area contributed by atoms with E-state index >= 15 is 0 Å². The van der Waals surface area contributed by atoms with Crippen LogP contribution in [-0.2, 0) is 4.79 Å². The van der Waals surface area contributed by atoms with Gasteiger partial charge in [0.25, 0.3) is 5.91 Å². The fourth-order valence-electron chi connectivity index (χ4n) is 2.49. The van der Waals surface area contributed by atoms with Crippen LogP contribution >= 0.6 is 11.6 Å². The second kappa shape index (κ2) is 7.97. The van der Waals surface area contributed by atoms with E-state index in [2.05, 4.69) is 16.7 Å². The van der Waals surface area contributed by atoms with Crippen LogP contribution in [0, 0.1) is 13.8 Å². The quantitative estimate of drug-likeness (QED) is 0.871. The Labute approximate surface area is 147 Å². The summed E-state index contributed by atoms with van der Waals surface area (Å²) in [5.74, 6) is -0.564. The Kier molecular flexibility index (Phi) is 5.99. The van der Waals surface area contributed by atoms with E-state index in [9.17, 15) is 9.59 Å². The highest BCUT2D eigenvalue weighted by molar-refractivity contribution is 6.30. The summed E-state index contributed by atoms with van der Waals surface area (Å²) in [4.78, 5) is 24.1. The molecule has 1 atom stereocenters. The molecule has 0 saturated carbocycles. The monoisotopic (exact) mass is 344 g/mol. The first kappa shape index (κ1) is 18.0. The molecule has 5 heteroatoms. The number of rotatable bonds is 5. The average Bonchev–Trinajstić information content (AvgIpc) is 2.54. The van der Waals surface area contributed by atoms with E-state index in [0.29, 0.717) is 10.6 Å². The van der Waals surface area contributed by atoms with Crippen LogP contribution in [0.1, 0.15) is 40.0 Å². The van der Waals surface area contributed by atoms with Gasteiger partial charge in [-0.3, -0.25) is 9.59 Å².